The molecule has 0 saturated carbocycles. The number of nitrogens with zero attached hydrogens (tertiary/aromatic N) is 8. The van der Waals surface area contributed by atoms with Crippen LogP contribution in [0.2, 0.25) is 0 Å². The molecule has 0 spiro atoms. The average Bonchev–Trinajstić information content (AvgIpc) is 1.35. The molecule has 0 saturated heterocycles. The van der Waals surface area contributed by atoms with Crippen LogP contribution in [0.4, 0.5) is 22.7 Å². The van der Waals surface area contributed by atoms with Crippen LogP contribution in [0.25, 0.3) is 197 Å². The topological polar surface area (TPSA) is 85.5 Å². The Balaban J connectivity index is 0.000000138. The largest absolute Gasteiger partial charge is 0.456 e. The highest BCUT2D eigenvalue weighted by atomic mass is 16.3. The number of benzene rings is 12. The molecule has 0 radical (unpaired) electrons. The predicted octanol–water partition coefficient (Wildman–Crippen LogP) is 32.1. The van der Waals surface area contributed by atoms with Crippen molar-refractivity contribution in [2.75, 3.05) is 0 Å². The lowest BCUT2D eigenvalue weighted by molar-refractivity contribution is -0.666. The first-order valence-corrected chi connectivity index (χ1v) is 43.2. The lowest BCUT2D eigenvalue weighted by Gasteiger charge is -2.13. The van der Waals surface area contributed by atoms with Crippen LogP contribution in [-0.2, 0) is 28.2 Å². The van der Waals surface area contributed by atoms with Crippen molar-refractivity contribution in [3.05, 3.63) is 380 Å². The van der Waals surface area contributed by atoms with E-state index < -0.39 is 51.0 Å². The van der Waals surface area contributed by atoms with Gasteiger partial charge in [0, 0.05) is 141 Å². The Bertz CT molecular complexity index is 9230. The van der Waals surface area contributed by atoms with Crippen molar-refractivity contribution in [3.8, 4) is 89.5 Å². The Labute approximate surface area is 801 Å². The normalized spacial score (nSPS) is 15.8. The standard InChI is InChI=1S/4C30H27N2O/c1-18(2)22-15-20(4)32(6)26(16-22)28-19(3)14-25(21-10-8-7-9-11-21)29-24-13-12-23(31-5)17-27(24)33-30(28)29;2*1-18(2)22-14-20(4)32(6)26(15-22)28-19(3)12-13-24-29-25(21-10-8-7-9-11-21)16-23(31-5)17-27(29)33-30(24)28;1-18(2)22-14-20(4)32(6)27(15-22)29-19(3)12-13-23-25-16-24(21-10-8-7-9-11-21)26(31-5)17-28(25)33-30(23)29/h4*7-18H,1-4,6H3/q4*+1/i1D3,18D;1D3,14D,15D,18D;1D3,18D;1D3,14D,15D,18D. The quantitative estimate of drug-likeness (QED) is 0.0901. The van der Waals surface area contributed by atoms with Crippen molar-refractivity contribution in [3.63, 3.8) is 0 Å². The van der Waals surface area contributed by atoms with Crippen molar-refractivity contribution >= 4 is 111 Å². The van der Waals surface area contributed by atoms with Gasteiger partial charge in [-0.25, -0.2) is 19.4 Å². The predicted molar refractivity (Wildman–Crippen MR) is 542 cm³/mol. The highest BCUT2D eigenvalue weighted by Gasteiger charge is 2.32. The maximum absolute atomic E-state index is 9.15. The molecule has 0 aliphatic carbocycles. The summed E-state index contributed by atoms with van der Waals surface area (Å²) in [4.78, 5) is 14.6. The Morgan fingerprint density at radius 1 is 0.288 bits per heavy atom. The second kappa shape index (κ2) is 36.1. The molecule has 12 aromatic carbocycles. The van der Waals surface area contributed by atoms with Crippen LogP contribution in [0.1, 0.15) is 173 Å². The Hall–Kier alpha value is -15.6. The SMILES string of the molecule is [2H]C([2H])([2H])C([2H])(C)c1cc(C)[n+](C)c(-c2c(C)cc(-c3ccccc3)c3c2oc2cc([N+]#[C-])ccc23)c1.[2H]C([2H])([2H])C([2H])(C)c1cc(C)[n+](C)c(-c2c(C)ccc3c2oc2cc([N+]#[C-])cc(-c4ccccc4)c23)c1.[2H]c1c(C([2H])(C)C([2H])([2H])[2H])c([2H])c(-c2c(C)ccc3c2oc2cc([N+]#[C-])c(-c4ccccc4)cc23)[n+](C)c1C.[2H]c1c(C([2H])(C)C([2H])([2H])[2H])c([2H])c(-c2c(C)ccc3c2oc2cc([N+]#[C-])cc(-c4ccccc4)c23)[n+](C)c1C. The average molecular weight is 1750 g/mol. The van der Waals surface area contributed by atoms with E-state index >= 15 is 0 Å². The van der Waals surface area contributed by atoms with Crippen molar-refractivity contribution in [2.45, 2.75) is 134 Å². The minimum atomic E-state index is -2.75. The number of hydrogen-bond donors (Lipinski definition) is 0. The van der Waals surface area contributed by atoms with E-state index in [2.05, 4.69) is 37.6 Å². The molecule has 12 nitrogen and oxygen atoms in total. The summed E-state index contributed by atoms with van der Waals surface area (Å²) in [7, 11) is 7.32. The third-order valence-corrected chi connectivity index (χ3v) is 25.1. The monoisotopic (exact) mass is 1740 g/mol. The smallest absolute Gasteiger partial charge is 0.216 e. The van der Waals surface area contributed by atoms with Gasteiger partial charge in [0.1, 0.15) is 72.9 Å². The van der Waals surface area contributed by atoms with Crippen LogP contribution in [-0.4, -0.2) is 0 Å². The third kappa shape index (κ3) is 16.3. The molecule has 0 fully saturated rings. The first-order valence-electron chi connectivity index (χ1n) is 53.2. The van der Waals surface area contributed by atoms with Gasteiger partial charge in [0.15, 0.2) is 45.5 Å². The van der Waals surface area contributed by atoms with E-state index in [-0.39, 0.29) is 35.3 Å². The number of rotatable bonds is 12. The van der Waals surface area contributed by atoms with E-state index in [0.29, 0.717) is 112 Å². The number of aromatic nitrogens is 4. The molecule has 20 rings (SSSR count). The zero-order valence-electron chi connectivity index (χ0n) is 96.3. The molecule has 0 bridgehead atoms. The van der Waals surface area contributed by atoms with Gasteiger partial charge in [-0.1, -0.05) is 231 Å². The van der Waals surface area contributed by atoms with Gasteiger partial charge in [-0.2, -0.15) is 18.3 Å². The lowest BCUT2D eigenvalue weighted by atomic mass is 9.91. The first-order chi connectivity index (χ1) is 71.4. The second-order valence-electron chi connectivity index (χ2n) is 33.7. The zero-order chi connectivity index (χ0) is 110. The van der Waals surface area contributed by atoms with Crippen molar-refractivity contribution in [1.82, 2.24) is 0 Å². The summed E-state index contributed by atoms with van der Waals surface area (Å²) in [5, 5.41) is 6.92. The van der Waals surface area contributed by atoms with Gasteiger partial charge >= 0.3 is 0 Å². The Kier molecular flexibility index (Phi) is 18.3. The van der Waals surface area contributed by atoms with Gasteiger partial charge in [0.2, 0.25) is 22.8 Å². The molecular weight excluding hydrogens is 1620 g/mol. The van der Waals surface area contributed by atoms with Gasteiger partial charge in [-0.05, 0) is 183 Å². The van der Waals surface area contributed by atoms with Crippen LogP contribution in [0.3, 0.4) is 0 Å². The fourth-order valence-corrected chi connectivity index (χ4v) is 17.7. The fourth-order valence-electron chi connectivity index (χ4n) is 17.7. The molecule has 12 heteroatoms. The van der Waals surface area contributed by atoms with E-state index in [1.54, 1.807) is 91.7 Å². The minimum absolute atomic E-state index is 0.136. The van der Waals surface area contributed by atoms with E-state index in [1.165, 1.54) is 27.7 Å². The van der Waals surface area contributed by atoms with Gasteiger partial charge in [0.05, 0.1) is 54.0 Å². The van der Waals surface area contributed by atoms with Gasteiger partial charge in [0.25, 0.3) is 0 Å². The molecule has 8 aromatic heterocycles. The second-order valence-corrected chi connectivity index (χ2v) is 33.7. The van der Waals surface area contributed by atoms with Crippen molar-refractivity contribution < 1.29 is 63.4 Å². The summed E-state index contributed by atoms with van der Waals surface area (Å²) in [5.74, 6) is -7.90. The van der Waals surface area contributed by atoms with Crippen LogP contribution < -0.4 is 18.3 Å². The molecule has 0 amide bonds. The molecule has 0 N–H and O–H groups in total. The van der Waals surface area contributed by atoms with E-state index in [0.717, 1.165) is 144 Å². The maximum atomic E-state index is 9.15. The maximum Gasteiger partial charge on any atom is 0.216 e. The molecule has 8 heterocycles. The summed E-state index contributed by atoms with van der Waals surface area (Å²) in [6.45, 7) is 40.3. The van der Waals surface area contributed by atoms with Crippen LogP contribution in [0.15, 0.2) is 284 Å². The first kappa shape index (κ1) is 66.7. The summed E-state index contributed by atoms with van der Waals surface area (Å²) in [6.07, 6.45) is 0. The van der Waals surface area contributed by atoms with E-state index in [9.17, 15) is 0 Å². The van der Waals surface area contributed by atoms with E-state index in [1.807, 2.05) is 235 Å². The van der Waals surface area contributed by atoms with Crippen molar-refractivity contribution in [2.24, 2.45) is 28.2 Å². The minimum Gasteiger partial charge on any atom is -0.456 e. The molecule has 4 atom stereocenters. The Morgan fingerprint density at radius 3 is 1.06 bits per heavy atom. The number of pyridine rings is 4. The molecule has 0 aliphatic heterocycles. The Morgan fingerprint density at radius 2 is 0.636 bits per heavy atom. The van der Waals surface area contributed by atoms with Crippen LogP contribution in [0.5, 0.6) is 0 Å². The number of fused-ring (bicyclic) bond motifs is 12. The fraction of sp³-hybridized carbons (Fsp3) is 0.200. The van der Waals surface area contributed by atoms with Crippen LogP contribution in [0, 0.1) is 81.7 Å². The lowest BCUT2D eigenvalue weighted by Crippen LogP contribution is -2.35. The molecule has 132 heavy (non-hydrogen) atoms. The molecule has 648 valence electrons. The summed E-state index contributed by atoms with van der Waals surface area (Å²) in [5.41, 5.74) is 25.7. The highest BCUT2D eigenvalue weighted by molar-refractivity contribution is 6.20. The van der Waals surface area contributed by atoms with Gasteiger partial charge in [-0.3, -0.25) is 0 Å². The summed E-state index contributed by atoms with van der Waals surface area (Å²) >= 11 is 0. The van der Waals surface area contributed by atoms with Gasteiger partial charge in [-0.15, -0.1) is 0 Å². The zero-order valence-corrected chi connectivity index (χ0v) is 76.3. The number of furan rings is 4. The van der Waals surface area contributed by atoms with Crippen molar-refractivity contribution in [1.29, 1.82) is 0 Å². The van der Waals surface area contributed by atoms with Crippen LogP contribution >= 0.6 is 0 Å². The molecule has 20 aromatic rings. The number of aryl methyl sites for hydroxylation is 6. The number of hydrogen-bond acceptors (Lipinski definition) is 4. The van der Waals surface area contributed by atoms with Gasteiger partial charge < -0.3 is 17.7 Å². The summed E-state index contributed by atoms with van der Waals surface area (Å²) < 4.78 is 199. The molecular formula is C120H108N8O4+4. The van der Waals surface area contributed by atoms with E-state index in [4.69, 9.17) is 71.4 Å². The summed E-state index contributed by atoms with van der Waals surface area (Å²) in [6, 6.07) is 76.3. The molecule has 0 aliphatic rings. The third-order valence-electron chi connectivity index (χ3n) is 25.1. The molecule has 4 unspecified atom stereocenters. The highest BCUT2D eigenvalue weighted by Crippen LogP contribution is 2.50.